The number of sulfonamides is 2. The molecule has 1 fully saturated rings. The third-order valence-corrected chi connectivity index (χ3v) is 7.75. The molecule has 1 N–H and O–H groups in total. The van der Waals surface area contributed by atoms with Gasteiger partial charge in [0.1, 0.15) is 0 Å². The van der Waals surface area contributed by atoms with Crippen molar-refractivity contribution in [2.45, 2.75) is 16.3 Å². The Morgan fingerprint density at radius 1 is 0.923 bits per heavy atom. The zero-order valence-electron chi connectivity index (χ0n) is 13.5. The zero-order valence-corrected chi connectivity index (χ0v) is 15.1. The van der Waals surface area contributed by atoms with Crippen LogP contribution < -0.4 is 0 Å². The second-order valence-electron chi connectivity index (χ2n) is 5.65. The number of benzene rings is 1. The second kappa shape index (κ2) is 7.02. The van der Waals surface area contributed by atoms with Crippen molar-refractivity contribution in [1.82, 2.24) is 18.6 Å². The summed E-state index contributed by atoms with van der Waals surface area (Å²) in [5.41, 5.74) is 0. The highest BCUT2D eigenvalue weighted by Crippen LogP contribution is 2.22. The minimum absolute atomic E-state index is 0.0652. The molecular formula is C14H16F2N4O4S2. The first-order valence-corrected chi connectivity index (χ1v) is 10.5. The van der Waals surface area contributed by atoms with Gasteiger partial charge in [0.25, 0.3) is 10.0 Å². The standard InChI is InChI=1S/C14H16F2N4O4S2/c15-12-3-2-11(8-13(12)16)25(21,22)19-4-1-5-20(7-6-19)26(23,24)14-9-17-10-18-14/h2-3,8-10H,1,4-7H2,(H,17,18). The summed E-state index contributed by atoms with van der Waals surface area (Å²) in [6.45, 7) is 0.0282. The van der Waals surface area contributed by atoms with Crippen molar-refractivity contribution in [2.24, 2.45) is 0 Å². The van der Waals surface area contributed by atoms with Gasteiger partial charge in [0, 0.05) is 26.2 Å². The first kappa shape index (κ1) is 18.9. The smallest absolute Gasteiger partial charge is 0.260 e. The lowest BCUT2D eigenvalue weighted by atomic mass is 10.3. The molecule has 0 unspecified atom stereocenters. The number of imidazole rings is 1. The molecule has 0 spiro atoms. The average molecular weight is 406 g/mol. The van der Waals surface area contributed by atoms with E-state index in [4.69, 9.17) is 0 Å². The van der Waals surface area contributed by atoms with Crippen LogP contribution >= 0.6 is 0 Å². The van der Waals surface area contributed by atoms with Crippen LogP contribution in [0, 0.1) is 11.6 Å². The summed E-state index contributed by atoms with van der Waals surface area (Å²) in [7, 11) is -7.87. The van der Waals surface area contributed by atoms with Crippen molar-refractivity contribution in [3.63, 3.8) is 0 Å². The summed E-state index contributed by atoms with van der Waals surface area (Å²) in [6, 6.07) is 2.35. The third-order valence-electron chi connectivity index (χ3n) is 4.03. The van der Waals surface area contributed by atoms with Crippen LogP contribution in [0.25, 0.3) is 0 Å². The fourth-order valence-corrected chi connectivity index (χ4v) is 5.51. The SMILES string of the molecule is O=S(=O)(c1ccc(F)c(F)c1)N1CCCN(S(=O)(=O)c2cnc[nH]2)CC1. The first-order chi connectivity index (χ1) is 12.2. The average Bonchev–Trinajstić information content (AvgIpc) is 3.01. The monoisotopic (exact) mass is 406 g/mol. The quantitative estimate of drug-likeness (QED) is 0.808. The highest BCUT2D eigenvalue weighted by Gasteiger charge is 2.32. The Kier molecular flexibility index (Phi) is 5.10. The maximum Gasteiger partial charge on any atom is 0.260 e. The maximum absolute atomic E-state index is 13.4. The van der Waals surface area contributed by atoms with Crippen LogP contribution in [0.15, 0.2) is 40.6 Å². The van der Waals surface area contributed by atoms with Gasteiger partial charge in [-0.05, 0) is 24.6 Å². The molecule has 8 nitrogen and oxygen atoms in total. The van der Waals surface area contributed by atoms with E-state index in [1.807, 2.05) is 0 Å². The number of hydrogen-bond donors (Lipinski definition) is 1. The Morgan fingerprint density at radius 3 is 2.15 bits per heavy atom. The van der Waals surface area contributed by atoms with E-state index < -0.39 is 31.7 Å². The van der Waals surface area contributed by atoms with E-state index in [-0.39, 0.29) is 42.5 Å². The number of nitrogens with zero attached hydrogens (tertiary/aromatic N) is 3. The Labute approximate surface area is 149 Å². The molecule has 0 atom stereocenters. The highest BCUT2D eigenvalue weighted by molar-refractivity contribution is 7.89. The molecule has 0 bridgehead atoms. The molecule has 26 heavy (non-hydrogen) atoms. The lowest BCUT2D eigenvalue weighted by Gasteiger charge is -2.21. The van der Waals surface area contributed by atoms with Crippen molar-refractivity contribution in [2.75, 3.05) is 26.2 Å². The van der Waals surface area contributed by atoms with E-state index in [1.165, 1.54) is 16.8 Å². The number of halogens is 2. The van der Waals surface area contributed by atoms with Gasteiger partial charge in [0.2, 0.25) is 10.0 Å². The predicted molar refractivity (Wildman–Crippen MR) is 87.1 cm³/mol. The number of nitrogens with one attached hydrogen (secondary N) is 1. The molecule has 0 aliphatic carbocycles. The lowest BCUT2D eigenvalue weighted by molar-refractivity contribution is 0.403. The Balaban J connectivity index is 1.81. The molecule has 1 aliphatic heterocycles. The van der Waals surface area contributed by atoms with Crippen LogP contribution in [0.3, 0.4) is 0 Å². The van der Waals surface area contributed by atoms with Crippen molar-refractivity contribution in [1.29, 1.82) is 0 Å². The highest BCUT2D eigenvalue weighted by atomic mass is 32.2. The predicted octanol–water partition coefficient (Wildman–Crippen LogP) is 0.773. The molecule has 0 amide bonds. The van der Waals surface area contributed by atoms with Gasteiger partial charge in [-0.15, -0.1) is 0 Å². The summed E-state index contributed by atoms with van der Waals surface area (Å²) in [4.78, 5) is 5.83. The van der Waals surface area contributed by atoms with Crippen LogP contribution in [-0.4, -0.2) is 61.6 Å². The number of aromatic nitrogens is 2. The topological polar surface area (TPSA) is 103 Å². The lowest BCUT2D eigenvalue weighted by Crippen LogP contribution is -2.37. The van der Waals surface area contributed by atoms with E-state index in [9.17, 15) is 25.6 Å². The molecular weight excluding hydrogens is 390 g/mol. The largest absolute Gasteiger partial charge is 0.335 e. The van der Waals surface area contributed by atoms with Crippen LogP contribution in [0.4, 0.5) is 8.78 Å². The Bertz CT molecular complexity index is 994. The second-order valence-corrected chi connectivity index (χ2v) is 9.50. The maximum atomic E-state index is 13.4. The third kappa shape index (κ3) is 3.49. The summed E-state index contributed by atoms with van der Waals surface area (Å²) in [5.74, 6) is -2.40. The molecule has 1 aliphatic rings. The molecule has 142 valence electrons. The van der Waals surface area contributed by atoms with Gasteiger partial charge in [-0.1, -0.05) is 0 Å². The van der Waals surface area contributed by atoms with Crippen molar-refractivity contribution in [3.05, 3.63) is 42.4 Å². The van der Waals surface area contributed by atoms with Crippen LogP contribution in [0.2, 0.25) is 0 Å². The van der Waals surface area contributed by atoms with Crippen LogP contribution in [-0.2, 0) is 20.0 Å². The van der Waals surface area contributed by atoms with Gasteiger partial charge in [-0.3, -0.25) is 0 Å². The zero-order chi connectivity index (χ0) is 18.9. The molecule has 0 radical (unpaired) electrons. The minimum atomic E-state index is -4.06. The molecule has 2 heterocycles. The normalized spacial score (nSPS) is 17.9. The molecule has 12 heteroatoms. The number of hydrogen-bond acceptors (Lipinski definition) is 5. The number of rotatable bonds is 4. The first-order valence-electron chi connectivity index (χ1n) is 7.66. The van der Waals surface area contributed by atoms with Crippen molar-refractivity contribution >= 4 is 20.0 Å². The molecule has 1 saturated heterocycles. The van der Waals surface area contributed by atoms with Gasteiger partial charge in [-0.25, -0.2) is 30.6 Å². The summed E-state index contributed by atoms with van der Waals surface area (Å²) in [6.07, 6.45) is 2.68. The van der Waals surface area contributed by atoms with E-state index in [0.717, 1.165) is 16.4 Å². The summed E-state index contributed by atoms with van der Waals surface area (Å²) >= 11 is 0. The van der Waals surface area contributed by atoms with Crippen LogP contribution in [0.1, 0.15) is 6.42 Å². The summed E-state index contributed by atoms with van der Waals surface area (Å²) in [5, 5.41) is -0.0746. The Morgan fingerprint density at radius 2 is 1.58 bits per heavy atom. The van der Waals surface area contributed by atoms with Gasteiger partial charge in [-0.2, -0.15) is 8.61 Å². The summed E-state index contributed by atoms with van der Waals surface area (Å²) < 4.78 is 79.0. The van der Waals surface area contributed by atoms with E-state index >= 15 is 0 Å². The molecule has 3 rings (SSSR count). The van der Waals surface area contributed by atoms with E-state index in [1.54, 1.807) is 0 Å². The minimum Gasteiger partial charge on any atom is -0.335 e. The van der Waals surface area contributed by atoms with E-state index in [0.29, 0.717) is 6.07 Å². The van der Waals surface area contributed by atoms with Crippen molar-refractivity contribution in [3.8, 4) is 0 Å². The van der Waals surface area contributed by atoms with Gasteiger partial charge in [0.05, 0.1) is 17.4 Å². The fraction of sp³-hybridized carbons (Fsp3) is 0.357. The molecule has 0 saturated carbocycles. The van der Waals surface area contributed by atoms with E-state index in [2.05, 4.69) is 9.97 Å². The Hall–Kier alpha value is -1.89. The molecule has 2 aromatic rings. The van der Waals surface area contributed by atoms with Gasteiger partial charge in [0.15, 0.2) is 16.7 Å². The van der Waals surface area contributed by atoms with Gasteiger partial charge < -0.3 is 4.98 Å². The fourth-order valence-electron chi connectivity index (χ4n) is 2.66. The van der Waals surface area contributed by atoms with Gasteiger partial charge >= 0.3 is 0 Å². The van der Waals surface area contributed by atoms with Crippen molar-refractivity contribution < 1.29 is 25.6 Å². The van der Waals surface area contributed by atoms with Crippen LogP contribution in [0.5, 0.6) is 0 Å². The number of H-pyrrole nitrogens is 1. The molecule has 1 aromatic carbocycles. The molecule has 1 aromatic heterocycles. The number of aromatic amines is 1.